The Balaban J connectivity index is 1.70. The Labute approximate surface area is 138 Å². The third kappa shape index (κ3) is 3.57. The maximum atomic E-state index is 12.7. The third-order valence-corrected chi connectivity index (χ3v) is 4.77. The quantitative estimate of drug-likeness (QED) is 0.796. The van der Waals surface area contributed by atoms with Gasteiger partial charge in [0, 0.05) is 19.1 Å². The van der Waals surface area contributed by atoms with Crippen molar-refractivity contribution in [1.82, 2.24) is 9.80 Å². The van der Waals surface area contributed by atoms with Crippen LogP contribution in [0.2, 0.25) is 0 Å². The van der Waals surface area contributed by atoms with E-state index >= 15 is 0 Å². The molecular formula is C19H24N2O2. The summed E-state index contributed by atoms with van der Waals surface area (Å²) in [5, 5.41) is 0. The van der Waals surface area contributed by atoms with Crippen LogP contribution in [0.4, 0.5) is 0 Å². The lowest BCUT2D eigenvalue weighted by Gasteiger charge is -2.34. The largest absolute Gasteiger partial charge is 0.375 e. The van der Waals surface area contributed by atoms with E-state index in [4.69, 9.17) is 11.2 Å². The molecule has 0 aromatic heterocycles. The molecule has 1 saturated heterocycles. The fourth-order valence-electron chi connectivity index (χ4n) is 3.63. The van der Waals surface area contributed by atoms with Crippen LogP contribution in [-0.4, -0.2) is 54.6 Å². The number of carbonyl (C=O) groups is 1. The summed E-state index contributed by atoms with van der Waals surface area (Å²) in [4.78, 5) is 16.7. The molecule has 1 aliphatic heterocycles. The molecule has 1 fully saturated rings. The van der Waals surface area contributed by atoms with Crippen molar-refractivity contribution in [3.8, 4) is 12.3 Å². The van der Waals surface area contributed by atoms with Gasteiger partial charge < -0.3 is 9.64 Å². The fourth-order valence-corrected chi connectivity index (χ4v) is 3.63. The fraction of sp³-hybridized carbons (Fsp3) is 0.526. The number of ether oxygens (including phenoxy) is 1. The first kappa shape index (κ1) is 16.0. The molecule has 23 heavy (non-hydrogen) atoms. The molecule has 2 aliphatic rings. The summed E-state index contributed by atoms with van der Waals surface area (Å²) in [7, 11) is 0. The smallest absolute Gasteiger partial charge is 0.236 e. The summed E-state index contributed by atoms with van der Waals surface area (Å²) in [6, 6.07) is 8.74. The summed E-state index contributed by atoms with van der Waals surface area (Å²) in [6.07, 6.45) is 7.76. The van der Waals surface area contributed by atoms with Gasteiger partial charge in [-0.25, -0.2) is 0 Å². The van der Waals surface area contributed by atoms with Gasteiger partial charge in [0.05, 0.1) is 25.8 Å². The molecule has 1 heterocycles. The number of hydrogen-bond acceptors (Lipinski definition) is 3. The van der Waals surface area contributed by atoms with Crippen molar-refractivity contribution >= 4 is 5.91 Å². The first-order valence-electron chi connectivity index (χ1n) is 8.33. The second-order valence-electron chi connectivity index (χ2n) is 6.38. The Hall–Kier alpha value is -1.83. The summed E-state index contributed by atoms with van der Waals surface area (Å²) in [5.74, 6) is 2.88. The summed E-state index contributed by atoms with van der Waals surface area (Å²) in [5.41, 5.74) is 2.71. The molecule has 4 nitrogen and oxygen atoms in total. The zero-order chi connectivity index (χ0) is 16.2. The van der Waals surface area contributed by atoms with Crippen LogP contribution < -0.4 is 0 Å². The van der Waals surface area contributed by atoms with E-state index in [1.807, 2.05) is 11.8 Å². The van der Waals surface area contributed by atoms with Gasteiger partial charge in [-0.1, -0.05) is 30.2 Å². The maximum absolute atomic E-state index is 12.7. The molecule has 0 N–H and O–H groups in total. The number of nitrogens with zero attached hydrogens (tertiary/aromatic N) is 2. The minimum absolute atomic E-state index is 0.112. The van der Waals surface area contributed by atoms with Gasteiger partial charge >= 0.3 is 0 Å². The van der Waals surface area contributed by atoms with Crippen LogP contribution in [-0.2, 0) is 16.0 Å². The van der Waals surface area contributed by atoms with Gasteiger partial charge in [0.2, 0.25) is 5.91 Å². The van der Waals surface area contributed by atoms with Crippen LogP contribution in [0.25, 0.3) is 0 Å². The highest BCUT2D eigenvalue weighted by Crippen LogP contribution is 2.35. The van der Waals surface area contributed by atoms with Crippen molar-refractivity contribution in [2.24, 2.45) is 0 Å². The van der Waals surface area contributed by atoms with Crippen LogP contribution in [0, 0.1) is 12.3 Å². The molecule has 0 radical (unpaired) electrons. The van der Waals surface area contributed by atoms with Gasteiger partial charge in [-0.3, -0.25) is 9.69 Å². The number of amides is 1. The minimum atomic E-state index is 0.112. The molecule has 4 heteroatoms. The van der Waals surface area contributed by atoms with Gasteiger partial charge in [-0.2, -0.15) is 0 Å². The standard InChI is InChI=1S/C19H24N2O2/c1-3-10-20(14-19(22)21-11-12-23-15(2)13-21)18-9-8-16-6-4-5-7-17(16)18/h1,4-7,15,18H,8-14H2,2H3. The summed E-state index contributed by atoms with van der Waals surface area (Å²) >= 11 is 0. The van der Waals surface area contributed by atoms with Crippen molar-refractivity contribution in [2.45, 2.75) is 31.9 Å². The van der Waals surface area contributed by atoms with Crippen molar-refractivity contribution in [3.63, 3.8) is 0 Å². The summed E-state index contributed by atoms with van der Waals surface area (Å²) < 4.78 is 5.52. The van der Waals surface area contributed by atoms with Crippen molar-refractivity contribution in [1.29, 1.82) is 0 Å². The zero-order valence-corrected chi connectivity index (χ0v) is 13.7. The number of rotatable bonds is 4. The number of terminal acetylenes is 1. The normalized spacial score (nSPS) is 23.6. The van der Waals surface area contributed by atoms with E-state index in [2.05, 4.69) is 35.1 Å². The highest BCUT2D eigenvalue weighted by molar-refractivity contribution is 5.78. The third-order valence-electron chi connectivity index (χ3n) is 4.77. The zero-order valence-electron chi connectivity index (χ0n) is 13.7. The predicted molar refractivity (Wildman–Crippen MR) is 89.9 cm³/mol. The number of hydrogen-bond donors (Lipinski definition) is 0. The SMILES string of the molecule is C#CCN(CC(=O)N1CCOC(C)C1)C1CCc2ccccc21. The Kier molecular flexibility index (Phi) is 5.00. The van der Waals surface area contributed by atoms with Crippen molar-refractivity contribution in [3.05, 3.63) is 35.4 Å². The van der Waals surface area contributed by atoms with E-state index < -0.39 is 0 Å². The molecule has 1 amide bonds. The van der Waals surface area contributed by atoms with E-state index in [9.17, 15) is 4.79 Å². The van der Waals surface area contributed by atoms with Crippen LogP contribution >= 0.6 is 0 Å². The van der Waals surface area contributed by atoms with Crippen LogP contribution in [0.15, 0.2) is 24.3 Å². The Morgan fingerprint density at radius 2 is 2.30 bits per heavy atom. The molecule has 0 saturated carbocycles. The molecular weight excluding hydrogens is 288 g/mol. The van der Waals surface area contributed by atoms with Gasteiger partial charge in [0.25, 0.3) is 0 Å². The number of benzene rings is 1. The second kappa shape index (κ2) is 7.16. The first-order chi connectivity index (χ1) is 11.2. The lowest BCUT2D eigenvalue weighted by Crippen LogP contribution is -2.48. The number of fused-ring (bicyclic) bond motifs is 1. The minimum Gasteiger partial charge on any atom is -0.375 e. The van der Waals surface area contributed by atoms with Gasteiger partial charge in [-0.05, 0) is 30.9 Å². The monoisotopic (exact) mass is 312 g/mol. The molecule has 2 unspecified atom stereocenters. The Morgan fingerprint density at radius 1 is 1.48 bits per heavy atom. The molecule has 122 valence electrons. The molecule has 3 rings (SSSR count). The number of morpholine rings is 1. The Morgan fingerprint density at radius 3 is 3.09 bits per heavy atom. The number of carbonyl (C=O) groups excluding carboxylic acids is 1. The van der Waals surface area contributed by atoms with Gasteiger partial charge in [-0.15, -0.1) is 6.42 Å². The molecule has 0 spiro atoms. The van der Waals surface area contributed by atoms with Gasteiger partial charge in [0.15, 0.2) is 0 Å². The van der Waals surface area contributed by atoms with E-state index in [-0.39, 0.29) is 18.1 Å². The summed E-state index contributed by atoms with van der Waals surface area (Å²) in [6.45, 7) is 4.86. The lowest BCUT2D eigenvalue weighted by molar-refractivity contribution is -0.139. The molecule has 1 aliphatic carbocycles. The Bertz CT molecular complexity index is 608. The van der Waals surface area contributed by atoms with E-state index in [0.29, 0.717) is 32.8 Å². The predicted octanol–water partition coefficient (Wildman–Crippen LogP) is 1.86. The van der Waals surface area contributed by atoms with Crippen molar-refractivity contribution < 1.29 is 9.53 Å². The van der Waals surface area contributed by atoms with E-state index in [0.717, 1.165) is 12.8 Å². The molecule has 0 bridgehead atoms. The molecule has 2 atom stereocenters. The highest BCUT2D eigenvalue weighted by atomic mass is 16.5. The molecule has 1 aromatic rings. The van der Waals surface area contributed by atoms with Gasteiger partial charge in [0.1, 0.15) is 0 Å². The van der Waals surface area contributed by atoms with E-state index in [1.54, 1.807) is 0 Å². The average Bonchev–Trinajstić information content (AvgIpc) is 2.98. The first-order valence-corrected chi connectivity index (χ1v) is 8.33. The molecule has 1 aromatic carbocycles. The highest BCUT2D eigenvalue weighted by Gasteiger charge is 2.30. The number of aryl methyl sites for hydroxylation is 1. The van der Waals surface area contributed by atoms with Crippen LogP contribution in [0.5, 0.6) is 0 Å². The van der Waals surface area contributed by atoms with Crippen molar-refractivity contribution in [2.75, 3.05) is 32.8 Å². The van der Waals surface area contributed by atoms with E-state index in [1.165, 1.54) is 11.1 Å². The maximum Gasteiger partial charge on any atom is 0.236 e. The second-order valence-corrected chi connectivity index (χ2v) is 6.38. The average molecular weight is 312 g/mol. The topological polar surface area (TPSA) is 32.8 Å². The van der Waals surface area contributed by atoms with Crippen LogP contribution in [0.3, 0.4) is 0 Å². The lowest BCUT2D eigenvalue weighted by atomic mass is 10.1. The van der Waals surface area contributed by atoms with Crippen LogP contribution in [0.1, 0.15) is 30.5 Å².